The van der Waals surface area contributed by atoms with Crippen LogP contribution in [0.2, 0.25) is 0 Å². The van der Waals surface area contributed by atoms with Gasteiger partial charge in [-0.05, 0) is 56.0 Å². The van der Waals surface area contributed by atoms with E-state index in [1.165, 1.54) is 51.5 Å². The van der Waals surface area contributed by atoms with Crippen LogP contribution in [-0.4, -0.2) is 11.5 Å². The maximum Gasteiger partial charge on any atom is 0.0489 e. The highest BCUT2D eigenvalue weighted by Crippen LogP contribution is 2.36. The fraction of sp³-hybridized carbons (Fsp3) is 0.467. The van der Waals surface area contributed by atoms with Crippen molar-refractivity contribution in [2.24, 2.45) is 0 Å². The number of aromatic nitrogens is 1. The molecule has 1 heterocycles. The van der Waals surface area contributed by atoms with Gasteiger partial charge in [-0.3, -0.25) is 0 Å². The third-order valence-electron chi connectivity index (χ3n) is 3.93. The van der Waals surface area contributed by atoms with Crippen LogP contribution in [0.1, 0.15) is 42.6 Å². The van der Waals surface area contributed by atoms with Gasteiger partial charge in [0.05, 0.1) is 0 Å². The standard InChI is InChI=1S/C15H19BrN2/c1-3-17-13-6-4-5-11-12-8-10(16)7-9(2)14(12)18-15(11)13/h7-8,13,17-18H,3-6H2,1-2H3. The number of hydrogen-bond acceptors (Lipinski definition) is 1. The fourth-order valence-electron chi connectivity index (χ4n) is 3.15. The van der Waals surface area contributed by atoms with Gasteiger partial charge in [0.2, 0.25) is 0 Å². The Hall–Kier alpha value is -0.800. The van der Waals surface area contributed by atoms with E-state index < -0.39 is 0 Å². The Morgan fingerprint density at radius 1 is 1.44 bits per heavy atom. The van der Waals surface area contributed by atoms with Crippen molar-refractivity contribution in [1.82, 2.24) is 10.3 Å². The van der Waals surface area contributed by atoms with E-state index in [0.29, 0.717) is 6.04 Å². The molecular formula is C15H19BrN2. The lowest BCUT2D eigenvalue weighted by molar-refractivity contribution is 0.465. The molecule has 2 aromatic rings. The molecule has 0 spiro atoms. The number of halogens is 1. The second-order valence-electron chi connectivity index (χ2n) is 5.16. The lowest BCUT2D eigenvalue weighted by Gasteiger charge is -2.23. The van der Waals surface area contributed by atoms with Gasteiger partial charge in [-0.1, -0.05) is 22.9 Å². The number of nitrogens with one attached hydrogen (secondary N) is 2. The molecule has 3 rings (SSSR count). The lowest BCUT2D eigenvalue weighted by Crippen LogP contribution is -2.24. The topological polar surface area (TPSA) is 27.8 Å². The zero-order chi connectivity index (χ0) is 12.7. The average Bonchev–Trinajstić information content (AvgIpc) is 2.70. The minimum absolute atomic E-state index is 0.504. The van der Waals surface area contributed by atoms with Crippen LogP contribution in [0, 0.1) is 6.92 Å². The van der Waals surface area contributed by atoms with Crippen LogP contribution in [0.4, 0.5) is 0 Å². The number of benzene rings is 1. The Morgan fingerprint density at radius 3 is 3.06 bits per heavy atom. The second-order valence-corrected chi connectivity index (χ2v) is 6.08. The summed E-state index contributed by atoms with van der Waals surface area (Å²) in [4.78, 5) is 3.66. The van der Waals surface area contributed by atoms with Gasteiger partial charge < -0.3 is 10.3 Å². The number of H-pyrrole nitrogens is 1. The first-order valence-corrected chi connectivity index (χ1v) is 7.54. The second kappa shape index (κ2) is 4.71. The number of rotatable bonds is 2. The van der Waals surface area contributed by atoms with E-state index in [2.05, 4.69) is 52.2 Å². The first-order valence-electron chi connectivity index (χ1n) is 6.74. The summed E-state index contributed by atoms with van der Waals surface area (Å²) in [5.74, 6) is 0. The van der Waals surface area contributed by atoms with Crippen LogP contribution < -0.4 is 5.32 Å². The first kappa shape index (κ1) is 12.2. The molecule has 1 unspecified atom stereocenters. The van der Waals surface area contributed by atoms with Crippen molar-refractivity contribution >= 4 is 26.8 Å². The number of aryl methyl sites for hydroxylation is 2. The van der Waals surface area contributed by atoms with E-state index >= 15 is 0 Å². The highest BCUT2D eigenvalue weighted by molar-refractivity contribution is 9.10. The molecule has 2 nitrogen and oxygen atoms in total. The minimum Gasteiger partial charge on any atom is -0.357 e. The maximum absolute atomic E-state index is 3.66. The van der Waals surface area contributed by atoms with Crippen LogP contribution >= 0.6 is 15.9 Å². The summed E-state index contributed by atoms with van der Waals surface area (Å²) in [6.45, 7) is 5.39. The SMILES string of the molecule is CCNC1CCCc2c1[nH]c1c(C)cc(Br)cc21. The predicted octanol–water partition coefficient (Wildman–Crippen LogP) is 4.23. The van der Waals surface area contributed by atoms with E-state index in [9.17, 15) is 0 Å². The van der Waals surface area contributed by atoms with Gasteiger partial charge in [-0.25, -0.2) is 0 Å². The Bertz CT molecular complexity index is 586. The molecule has 0 saturated carbocycles. The van der Waals surface area contributed by atoms with Gasteiger partial charge in [0.15, 0.2) is 0 Å². The van der Waals surface area contributed by atoms with E-state index in [1.807, 2.05) is 0 Å². The molecular weight excluding hydrogens is 288 g/mol. The molecule has 0 radical (unpaired) electrons. The van der Waals surface area contributed by atoms with E-state index in [1.54, 1.807) is 0 Å². The third kappa shape index (κ3) is 1.90. The van der Waals surface area contributed by atoms with Crippen molar-refractivity contribution in [3.05, 3.63) is 33.4 Å². The van der Waals surface area contributed by atoms with Crippen LogP contribution in [-0.2, 0) is 6.42 Å². The van der Waals surface area contributed by atoms with Gasteiger partial charge in [0.1, 0.15) is 0 Å². The molecule has 1 aromatic carbocycles. The average molecular weight is 307 g/mol. The molecule has 1 aliphatic rings. The van der Waals surface area contributed by atoms with Crippen molar-refractivity contribution in [1.29, 1.82) is 0 Å². The molecule has 1 aliphatic carbocycles. The normalized spacial score (nSPS) is 19.2. The van der Waals surface area contributed by atoms with Gasteiger partial charge in [-0.15, -0.1) is 0 Å². The maximum atomic E-state index is 3.66. The highest BCUT2D eigenvalue weighted by Gasteiger charge is 2.24. The molecule has 0 aliphatic heterocycles. The van der Waals surface area contributed by atoms with Gasteiger partial charge in [-0.2, -0.15) is 0 Å². The number of hydrogen-bond donors (Lipinski definition) is 2. The molecule has 0 saturated heterocycles. The lowest BCUT2D eigenvalue weighted by atomic mass is 9.91. The summed E-state index contributed by atoms with van der Waals surface area (Å²) in [7, 11) is 0. The zero-order valence-electron chi connectivity index (χ0n) is 10.9. The highest BCUT2D eigenvalue weighted by atomic mass is 79.9. The Morgan fingerprint density at radius 2 is 2.28 bits per heavy atom. The molecule has 3 heteroatoms. The van der Waals surface area contributed by atoms with E-state index in [0.717, 1.165) is 6.54 Å². The Kier molecular flexibility index (Phi) is 3.20. The summed E-state index contributed by atoms with van der Waals surface area (Å²) in [5.41, 5.74) is 5.57. The fourth-order valence-corrected chi connectivity index (χ4v) is 3.72. The summed E-state index contributed by atoms with van der Waals surface area (Å²) in [6, 6.07) is 4.95. The van der Waals surface area contributed by atoms with Gasteiger partial charge in [0, 0.05) is 27.1 Å². The van der Waals surface area contributed by atoms with Gasteiger partial charge in [0.25, 0.3) is 0 Å². The van der Waals surface area contributed by atoms with Crippen LogP contribution in [0.15, 0.2) is 16.6 Å². The number of fused-ring (bicyclic) bond motifs is 3. The third-order valence-corrected chi connectivity index (χ3v) is 4.39. The summed E-state index contributed by atoms with van der Waals surface area (Å²) < 4.78 is 1.18. The summed E-state index contributed by atoms with van der Waals surface area (Å²) in [6.07, 6.45) is 3.73. The van der Waals surface area contributed by atoms with Crippen LogP contribution in [0.5, 0.6) is 0 Å². The quantitative estimate of drug-likeness (QED) is 0.854. The van der Waals surface area contributed by atoms with Crippen LogP contribution in [0.3, 0.4) is 0 Å². The molecule has 0 fully saturated rings. The smallest absolute Gasteiger partial charge is 0.0489 e. The van der Waals surface area contributed by atoms with Crippen molar-refractivity contribution < 1.29 is 0 Å². The molecule has 0 amide bonds. The Balaban J connectivity index is 2.20. The molecule has 2 N–H and O–H groups in total. The monoisotopic (exact) mass is 306 g/mol. The predicted molar refractivity (Wildman–Crippen MR) is 80.1 cm³/mol. The largest absolute Gasteiger partial charge is 0.357 e. The molecule has 0 bridgehead atoms. The molecule has 96 valence electrons. The summed E-state index contributed by atoms with van der Waals surface area (Å²) in [5, 5.41) is 5.00. The minimum atomic E-state index is 0.504. The van der Waals surface area contributed by atoms with Crippen molar-refractivity contribution in [3.63, 3.8) is 0 Å². The number of aromatic amines is 1. The molecule has 1 atom stereocenters. The molecule has 1 aromatic heterocycles. The van der Waals surface area contributed by atoms with Crippen molar-refractivity contribution in [3.8, 4) is 0 Å². The van der Waals surface area contributed by atoms with E-state index in [-0.39, 0.29) is 0 Å². The molecule has 18 heavy (non-hydrogen) atoms. The van der Waals surface area contributed by atoms with E-state index in [4.69, 9.17) is 0 Å². The zero-order valence-corrected chi connectivity index (χ0v) is 12.5. The Labute approximate surface area is 116 Å². The van der Waals surface area contributed by atoms with Gasteiger partial charge >= 0.3 is 0 Å². The van der Waals surface area contributed by atoms with Crippen LogP contribution in [0.25, 0.3) is 10.9 Å². The van der Waals surface area contributed by atoms with Crippen molar-refractivity contribution in [2.45, 2.75) is 39.2 Å². The first-order chi connectivity index (χ1) is 8.70. The van der Waals surface area contributed by atoms with Crippen molar-refractivity contribution in [2.75, 3.05) is 6.54 Å². The summed E-state index contributed by atoms with van der Waals surface area (Å²) >= 11 is 3.61.